The van der Waals surface area contributed by atoms with E-state index in [1.165, 1.54) is 12.4 Å². The molecule has 0 spiro atoms. The monoisotopic (exact) mass is 584 g/mol. The zero-order valence-electron chi connectivity index (χ0n) is 23.9. The Labute approximate surface area is 248 Å². The van der Waals surface area contributed by atoms with E-state index in [1.54, 1.807) is 23.4 Å². The lowest BCUT2D eigenvalue weighted by molar-refractivity contribution is -0.155. The average Bonchev–Trinajstić information content (AvgIpc) is 3.42. The molecule has 12 heteroatoms. The molecule has 4 aromatic rings. The quantitative estimate of drug-likeness (QED) is 0.157. The minimum Gasteiger partial charge on any atom is -0.457 e. The number of nitrogens with one attached hydrogen (secondary N) is 1. The van der Waals surface area contributed by atoms with Crippen molar-refractivity contribution in [2.24, 2.45) is 5.92 Å². The molecule has 1 fully saturated rings. The normalized spacial score (nSPS) is 14.8. The predicted molar refractivity (Wildman–Crippen MR) is 158 cm³/mol. The number of hydrogen-bond acceptors (Lipinski definition) is 9. The Hall–Kier alpha value is -5.26. The molecule has 1 atom stereocenters. The molecule has 0 radical (unpaired) electrons. The van der Waals surface area contributed by atoms with Crippen LogP contribution in [0.4, 0.5) is 10.6 Å². The Morgan fingerprint density at radius 1 is 1.05 bits per heavy atom. The van der Waals surface area contributed by atoms with E-state index < -0.39 is 18.9 Å². The van der Waals surface area contributed by atoms with Crippen LogP contribution in [-0.2, 0) is 19.1 Å². The van der Waals surface area contributed by atoms with Crippen LogP contribution in [0.15, 0.2) is 73.6 Å². The fourth-order valence-corrected chi connectivity index (χ4v) is 4.75. The molecule has 1 N–H and O–H groups in total. The third kappa shape index (κ3) is 6.80. The minimum atomic E-state index is -0.859. The fraction of sp³-hybridized carbons (Fsp3) is 0.290. The van der Waals surface area contributed by atoms with Crippen molar-refractivity contribution in [2.45, 2.75) is 32.7 Å². The van der Waals surface area contributed by atoms with Crippen molar-refractivity contribution in [1.82, 2.24) is 24.6 Å². The van der Waals surface area contributed by atoms with Crippen molar-refractivity contribution in [3.8, 4) is 22.8 Å². The molecule has 1 saturated heterocycles. The van der Waals surface area contributed by atoms with Crippen LogP contribution in [-0.4, -0.2) is 62.5 Å². The second-order valence-corrected chi connectivity index (χ2v) is 10.2. The molecular weight excluding hydrogens is 552 g/mol. The van der Waals surface area contributed by atoms with Gasteiger partial charge in [0, 0.05) is 18.7 Å². The molecule has 12 nitrogen and oxygen atoms in total. The number of para-hydroxylation sites is 1. The maximum Gasteiger partial charge on any atom is 0.415 e. The Balaban J connectivity index is 1.48. The van der Waals surface area contributed by atoms with Gasteiger partial charge in [-0.15, -0.1) is 0 Å². The Morgan fingerprint density at radius 3 is 2.51 bits per heavy atom. The first-order valence-corrected chi connectivity index (χ1v) is 13.9. The van der Waals surface area contributed by atoms with Gasteiger partial charge in [-0.05, 0) is 55.3 Å². The molecule has 1 aliphatic heterocycles. The third-order valence-electron chi connectivity index (χ3n) is 6.91. The van der Waals surface area contributed by atoms with Gasteiger partial charge in [-0.2, -0.15) is 5.10 Å². The lowest BCUT2D eigenvalue weighted by Gasteiger charge is -2.32. The van der Waals surface area contributed by atoms with Crippen molar-refractivity contribution in [2.75, 3.05) is 25.2 Å². The highest BCUT2D eigenvalue weighted by Gasteiger charge is 2.29. The number of ether oxygens (including phenoxy) is 3. The third-order valence-corrected chi connectivity index (χ3v) is 6.91. The van der Waals surface area contributed by atoms with Crippen LogP contribution in [0.5, 0.6) is 11.5 Å². The SMILES string of the molecule is C=CC(=O)N1CCC[C@@H](n2nc(-c3ccc(Oc4ccccc4)cc3)c3c(NC(=O)OCOC(=O)C(C)C)ncnc32)C1. The highest BCUT2D eigenvalue weighted by molar-refractivity contribution is 6.03. The van der Waals surface area contributed by atoms with Crippen molar-refractivity contribution in [1.29, 1.82) is 0 Å². The number of piperidine rings is 1. The molecule has 0 unspecified atom stereocenters. The van der Waals surface area contributed by atoms with Crippen LogP contribution in [0.2, 0.25) is 0 Å². The van der Waals surface area contributed by atoms with Crippen LogP contribution in [0.1, 0.15) is 32.7 Å². The number of nitrogens with zero attached hydrogens (tertiary/aromatic N) is 5. The van der Waals surface area contributed by atoms with E-state index in [2.05, 4.69) is 21.9 Å². The number of carbonyl (C=O) groups excluding carboxylic acids is 3. The molecule has 222 valence electrons. The summed E-state index contributed by atoms with van der Waals surface area (Å²) in [6.45, 7) is 7.49. The minimum absolute atomic E-state index is 0.145. The number of anilines is 1. The molecule has 0 saturated carbocycles. The summed E-state index contributed by atoms with van der Waals surface area (Å²) in [4.78, 5) is 47.3. The van der Waals surface area contributed by atoms with Crippen LogP contribution in [0, 0.1) is 5.92 Å². The van der Waals surface area contributed by atoms with E-state index in [-0.39, 0.29) is 23.7 Å². The summed E-state index contributed by atoms with van der Waals surface area (Å²) in [7, 11) is 0. The number of carbonyl (C=O) groups is 3. The molecule has 1 aliphatic rings. The van der Waals surface area contributed by atoms with E-state index in [0.29, 0.717) is 41.3 Å². The van der Waals surface area contributed by atoms with E-state index in [0.717, 1.165) is 18.4 Å². The number of hydrogen-bond donors (Lipinski definition) is 1. The second-order valence-electron chi connectivity index (χ2n) is 10.2. The molecule has 3 heterocycles. The van der Waals surface area contributed by atoms with Crippen molar-refractivity contribution < 1.29 is 28.6 Å². The molecule has 2 amide bonds. The Kier molecular flexibility index (Phi) is 8.94. The summed E-state index contributed by atoms with van der Waals surface area (Å²) in [6.07, 6.45) is 3.33. The van der Waals surface area contributed by atoms with E-state index >= 15 is 0 Å². The number of benzene rings is 2. The van der Waals surface area contributed by atoms with Gasteiger partial charge in [0.05, 0.1) is 17.3 Å². The maximum atomic E-state index is 12.7. The van der Waals surface area contributed by atoms with E-state index in [9.17, 15) is 14.4 Å². The molecule has 0 aliphatic carbocycles. The smallest absolute Gasteiger partial charge is 0.415 e. The molecule has 43 heavy (non-hydrogen) atoms. The molecule has 2 aromatic carbocycles. The van der Waals surface area contributed by atoms with Crippen molar-refractivity contribution in [3.05, 3.63) is 73.6 Å². The largest absolute Gasteiger partial charge is 0.457 e. The van der Waals surface area contributed by atoms with Gasteiger partial charge >= 0.3 is 12.1 Å². The van der Waals surface area contributed by atoms with Gasteiger partial charge in [-0.1, -0.05) is 38.6 Å². The molecule has 5 rings (SSSR count). The van der Waals surface area contributed by atoms with Crippen LogP contribution in [0.25, 0.3) is 22.3 Å². The summed E-state index contributed by atoms with van der Waals surface area (Å²) in [5.74, 6) is 0.525. The number of rotatable bonds is 9. The van der Waals surface area contributed by atoms with Gasteiger partial charge in [0.1, 0.15) is 23.5 Å². The number of fused-ring (bicyclic) bond motifs is 1. The first-order chi connectivity index (χ1) is 20.8. The molecule has 2 aromatic heterocycles. The zero-order chi connectivity index (χ0) is 30.3. The van der Waals surface area contributed by atoms with Gasteiger partial charge in [0.25, 0.3) is 0 Å². The zero-order valence-corrected chi connectivity index (χ0v) is 23.9. The fourth-order valence-electron chi connectivity index (χ4n) is 4.75. The van der Waals surface area contributed by atoms with Crippen molar-refractivity contribution >= 4 is 34.8 Å². The van der Waals surface area contributed by atoms with Gasteiger partial charge in [-0.25, -0.2) is 19.4 Å². The van der Waals surface area contributed by atoms with E-state index in [1.807, 2.05) is 54.6 Å². The summed E-state index contributed by atoms with van der Waals surface area (Å²) < 4.78 is 17.7. The van der Waals surface area contributed by atoms with Crippen LogP contribution >= 0.6 is 0 Å². The summed E-state index contributed by atoms with van der Waals surface area (Å²) >= 11 is 0. The lowest BCUT2D eigenvalue weighted by Crippen LogP contribution is -2.40. The first-order valence-electron chi connectivity index (χ1n) is 13.9. The second kappa shape index (κ2) is 13.1. The standard InChI is InChI=1S/C31H32N6O6/c1-4-25(38)36-16-8-9-22(17-36)37-29-26(28(32-18-33-29)34-31(40)42-19-41-30(39)20(2)3)27(35-37)21-12-14-24(15-13-21)43-23-10-6-5-7-11-23/h4-7,10-15,18,20,22H,1,8-9,16-17,19H2,2-3H3,(H,32,33,34,40)/t22-/m1/s1. The Bertz CT molecular complexity index is 1620. The predicted octanol–water partition coefficient (Wildman–Crippen LogP) is 5.34. The van der Waals surface area contributed by atoms with Crippen LogP contribution < -0.4 is 10.1 Å². The highest BCUT2D eigenvalue weighted by atomic mass is 16.7. The average molecular weight is 585 g/mol. The number of aromatic nitrogens is 4. The van der Waals surface area contributed by atoms with Gasteiger partial charge in [0.15, 0.2) is 11.5 Å². The first kappa shape index (κ1) is 29.2. The van der Waals surface area contributed by atoms with Crippen LogP contribution in [0.3, 0.4) is 0 Å². The molecular formula is C31H32N6O6. The topological polar surface area (TPSA) is 138 Å². The summed E-state index contributed by atoms with van der Waals surface area (Å²) in [5.41, 5.74) is 1.74. The summed E-state index contributed by atoms with van der Waals surface area (Å²) in [5, 5.41) is 8.06. The summed E-state index contributed by atoms with van der Waals surface area (Å²) in [6, 6.07) is 16.6. The van der Waals surface area contributed by atoms with Gasteiger partial charge in [-0.3, -0.25) is 14.9 Å². The maximum absolute atomic E-state index is 12.7. The number of likely N-dealkylation sites (tertiary alicyclic amines) is 1. The molecule has 0 bridgehead atoms. The van der Waals surface area contributed by atoms with Crippen molar-refractivity contribution in [3.63, 3.8) is 0 Å². The van der Waals surface area contributed by atoms with Gasteiger partial charge < -0.3 is 19.1 Å². The number of esters is 1. The van der Waals surface area contributed by atoms with E-state index in [4.69, 9.17) is 19.3 Å². The highest BCUT2D eigenvalue weighted by Crippen LogP contribution is 2.36. The lowest BCUT2D eigenvalue weighted by atomic mass is 10.1. The Morgan fingerprint density at radius 2 is 1.79 bits per heavy atom. The number of amides is 2. The van der Waals surface area contributed by atoms with Gasteiger partial charge in [0.2, 0.25) is 12.7 Å².